The maximum atomic E-state index is 13.3. The predicted octanol–water partition coefficient (Wildman–Crippen LogP) is 2.54. The zero-order valence-electron chi connectivity index (χ0n) is 16.7. The number of fused-ring (bicyclic) bond motifs is 2. The molecule has 7 heteroatoms. The molecular weight excluding hydrogens is 398 g/mol. The number of thiazole rings is 1. The Morgan fingerprint density at radius 2 is 2.00 bits per heavy atom. The number of benzene rings is 2. The number of nitrogens with one attached hydrogen (secondary N) is 1. The van der Waals surface area contributed by atoms with E-state index in [1.807, 2.05) is 24.3 Å². The van der Waals surface area contributed by atoms with Crippen molar-refractivity contribution in [3.63, 3.8) is 0 Å². The van der Waals surface area contributed by atoms with Crippen LogP contribution in [0, 0.1) is 5.92 Å². The maximum Gasteiger partial charge on any atom is 0.205 e. The Morgan fingerprint density at radius 3 is 2.77 bits per heavy atom. The number of likely N-dealkylation sites (tertiary alicyclic amines) is 1. The molecule has 2 aromatic carbocycles. The SMILES string of the molecule is CC1CC[NH+](Cc2c([O-])ccc3c(=O)c(-c4nc5ccccc5s4)c(N)oc23)CC1. The number of anilines is 1. The summed E-state index contributed by atoms with van der Waals surface area (Å²) in [4.78, 5) is 19.2. The van der Waals surface area contributed by atoms with Crippen LogP contribution in [0.25, 0.3) is 31.8 Å². The van der Waals surface area contributed by atoms with Crippen LogP contribution in [0.1, 0.15) is 25.3 Å². The Hall–Kier alpha value is -2.90. The first kappa shape index (κ1) is 19.1. The van der Waals surface area contributed by atoms with Crippen LogP contribution in [0.4, 0.5) is 5.88 Å². The topological polar surface area (TPSA) is 96.6 Å². The molecule has 0 radical (unpaired) electrons. The summed E-state index contributed by atoms with van der Waals surface area (Å²) in [6.07, 6.45) is 2.28. The molecule has 1 fully saturated rings. The summed E-state index contributed by atoms with van der Waals surface area (Å²) >= 11 is 1.41. The number of nitrogens with zero attached hydrogens (tertiary/aromatic N) is 1. The summed E-state index contributed by atoms with van der Waals surface area (Å²) in [6, 6.07) is 10.7. The maximum absolute atomic E-state index is 13.3. The number of piperidine rings is 1. The van der Waals surface area contributed by atoms with Crippen LogP contribution in [-0.4, -0.2) is 18.1 Å². The quantitative estimate of drug-likeness (QED) is 0.530. The van der Waals surface area contributed by atoms with Gasteiger partial charge < -0.3 is 20.2 Å². The monoisotopic (exact) mass is 421 g/mol. The highest BCUT2D eigenvalue weighted by molar-refractivity contribution is 7.21. The fourth-order valence-electron chi connectivity index (χ4n) is 4.26. The molecule has 3 N–H and O–H groups in total. The van der Waals surface area contributed by atoms with Crippen LogP contribution in [0.5, 0.6) is 5.75 Å². The predicted molar refractivity (Wildman–Crippen MR) is 118 cm³/mol. The van der Waals surface area contributed by atoms with E-state index in [1.54, 1.807) is 6.07 Å². The first-order valence-corrected chi connectivity index (χ1v) is 11.1. The minimum Gasteiger partial charge on any atom is -0.872 e. The summed E-state index contributed by atoms with van der Waals surface area (Å²) in [6.45, 7) is 4.84. The molecule has 0 aliphatic carbocycles. The van der Waals surface area contributed by atoms with Gasteiger partial charge in [-0.2, -0.15) is 0 Å². The smallest absolute Gasteiger partial charge is 0.205 e. The molecule has 0 bridgehead atoms. The van der Waals surface area contributed by atoms with E-state index in [9.17, 15) is 9.90 Å². The zero-order chi connectivity index (χ0) is 20.8. The summed E-state index contributed by atoms with van der Waals surface area (Å²) in [5.41, 5.74) is 7.91. The van der Waals surface area contributed by atoms with Crippen LogP contribution < -0.4 is 21.2 Å². The van der Waals surface area contributed by atoms with E-state index in [0.29, 0.717) is 28.1 Å². The molecule has 1 aliphatic rings. The summed E-state index contributed by atoms with van der Waals surface area (Å²) in [5, 5.41) is 13.6. The first-order chi connectivity index (χ1) is 14.5. The number of quaternary nitrogens is 1. The Morgan fingerprint density at radius 1 is 1.23 bits per heavy atom. The molecular formula is C23H23N3O3S. The van der Waals surface area contributed by atoms with Gasteiger partial charge >= 0.3 is 0 Å². The molecule has 30 heavy (non-hydrogen) atoms. The van der Waals surface area contributed by atoms with Crippen LogP contribution >= 0.6 is 11.3 Å². The van der Waals surface area contributed by atoms with Crippen molar-refractivity contribution in [3.05, 3.63) is 52.2 Å². The Labute approximate surface area is 177 Å². The fourth-order valence-corrected chi connectivity index (χ4v) is 5.27. The van der Waals surface area contributed by atoms with Crippen molar-refractivity contribution >= 4 is 38.4 Å². The van der Waals surface area contributed by atoms with Gasteiger partial charge in [-0.25, -0.2) is 4.98 Å². The molecule has 4 aromatic rings. The first-order valence-electron chi connectivity index (χ1n) is 10.3. The number of aromatic nitrogens is 1. The number of nitrogens with two attached hydrogens (primary N) is 1. The molecule has 0 saturated carbocycles. The van der Waals surface area contributed by atoms with Crippen LogP contribution in [0.15, 0.2) is 45.6 Å². The van der Waals surface area contributed by atoms with Gasteiger partial charge in [-0.1, -0.05) is 30.9 Å². The summed E-state index contributed by atoms with van der Waals surface area (Å²) in [5.74, 6) is 0.627. The fraction of sp³-hybridized carbons (Fsp3) is 0.304. The van der Waals surface area contributed by atoms with Crippen molar-refractivity contribution < 1.29 is 14.4 Å². The second kappa shape index (κ2) is 7.41. The standard InChI is InChI=1S/C23H23N3O3S/c1-13-8-10-26(11-9-13)12-15-17(27)7-6-14-20(28)19(22(24)29-21(14)15)23-25-16-4-2-3-5-18(16)30-23/h2-7,13,27H,8-12,24H2,1H3. The molecule has 2 aromatic heterocycles. The molecule has 1 aliphatic heterocycles. The lowest BCUT2D eigenvalue weighted by molar-refractivity contribution is -0.919. The average Bonchev–Trinajstić information content (AvgIpc) is 3.15. The van der Waals surface area contributed by atoms with Gasteiger partial charge in [0, 0.05) is 5.56 Å². The number of para-hydroxylation sites is 1. The molecule has 0 spiro atoms. The van der Waals surface area contributed by atoms with Gasteiger partial charge in [-0.3, -0.25) is 4.79 Å². The van der Waals surface area contributed by atoms with Crippen molar-refractivity contribution in [1.29, 1.82) is 0 Å². The largest absolute Gasteiger partial charge is 0.872 e. The van der Waals surface area contributed by atoms with Gasteiger partial charge in [-0.05, 0) is 37.0 Å². The number of hydrogen-bond acceptors (Lipinski definition) is 6. The molecule has 154 valence electrons. The van der Waals surface area contributed by atoms with Gasteiger partial charge in [0.05, 0.1) is 28.7 Å². The van der Waals surface area contributed by atoms with E-state index >= 15 is 0 Å². The number of rotatable bonds is 3. The van der Waals surface area contributed by atoms with Gasteiger partial charge in [0.15, 0.2) is 0 Å². The second-order valence-corrected chi connectivity index (χ2v) is 9.22. The van der Waals surface area contributed by atoms with Gasteiger partial charge in [0.1, 0.15) is 22.7 Å². The van der Waals surface area contributed by atoms with Gasteiger partial charge in [0.2, 0.25) is 11.3 Å². The lowest BCUT2D eigenvalue weighted by Gasteiger charge is -2.28. The molecule has 0 atom stereocenters. The van der Waals surface area contributed by atoms with E-state index in [0.717, 1.165) is 42.1 Å². The van der Waals surface area contributed by atoms with Crippen molar-refractivity contribution in [1.82, 2.24) is 4.98 Å². The lowest BCUT2D eigenvalue weighted by Crippen LogP contribution is -3.11. The Bertz CT molecular complexity index is 1270. The highest BCUT2D eigenvalue weighted by Gasteiger charge is 2.23. The number of hydrogen-bond donors (Lipinski definition) is 2. The van der Waals surface area contributed by atoms with Crippen molar-refractivity contribution in [3.8, 4) is 16.3 Å². The minimum atomic E-state index is -0.240. The van der Waals surface area contributed by atoms with E-state index < -0.39 is 0 Å². The van der Waals surface area contributed by atoms with Crippen LogP contribution in [0.3, 0.4) is 0 Å². The minimum absolute atomic E-state index is 0.0145. The Balaban J connectivity index is 1.62. The third-order valence-electron chi connectivity index (χ3n) is 6.06. The van der Waals surface area contributed by atoms with E-state index in [4.69, 9.17) is 10.2 Å². The third-order valence-corrected chi connectivity index (χ3v) is 7.12. The molecule has 3 heterocycles. The van der Waals surface area contributed by atoms with E-state index in [2.05, 4.69) is 11.9 Å². The normalized spacial score (nSPS) is 19.5. The van der Waals surface area contributed by atoms with Crippen LogP contribution in [-0.2, 0) is 6.54 Å². The van der Waals surface area contributed by atoms with Gasteiger partial charge in [-0.15, -0.1) is 11.3 Å². The number of nitrogen functional groups attached to an aromatic ring is 1. The lowest BCUT2D eigenvalue weighted by atomic mass is 9.98. The molecule has 0 amide bonds. The van der Waals surface area contributed by atoms with E-state index in [-0.39, 0.29) is 22.6 Å². The molecule has 0 unspecified atom stereocenters. The van der Waals surface area contributed by atoms with E-state index in [1.165, 1.54) is 22.3 Å². The highest BCUT2D eigenvalue weighted by Crippen LogP contribution is 2.34. The highest BCUT2D eigenvalue weighted by atomic mass is 32.1. The third kappa shape index (κ3) is 3.24. The summed E-state index contributed by atoms with van der Waals surface area (Å²) < 4.78 is 6.91. The Kier molecular flexibility index (Phi) is 4.72. The van der Waals surface area contributed by atoms with Crippen molar-refractivity contribution in [2.24, 2.45) is 5.92 Å². The average molecular weight is 422 g/mol. The molecule has 6 nitrogen and oxygen atoms in total. The van der Waals surface area contributed by atoms with Crippen molar-refractivity contribution in [2.45, 2.75) is 26.3 Å². The zero-order valence-corrected chi connectivity index (χ0v) is 17.6. The second-order valence-electron chi connectivity index (χ2n) is 8.19. The molecule has 1 saturated heterocycles. The van der Waals surface area contributed by atoms with Crippen molar-refractivity contribution in [2.75, 3.05) is 18.8 Å². The molecule has 5 rings (SSSR count). The van der Waals surface area contributed by atoms with Crippen LogP contribution in [0.2, 0.25) is 0 Å². The van der Waals surface area contributed by atoms with Gasteiger partial charge in [0.25, 0.3) is 0 Å². The summed E-state index contributed by atoms with van der Waals surface area (Å²) in [7, 11) is 0.